The molecule has 2 aromatic heterocycles. The molecule has 0 saturated carbocycles. The number of rotatable bonds is 5. The lowest BCUT2D eigenvalue weighted by Crippen LogP contribution is -2.24. The van der Waals surface area contributed by atoms with Crippen LogP contribution in [-0.4, -0.2) is 22.8 Å². The minimum atomic E-state index is -0.471. The Morgan fingerprint density at radius 2 is 1.93 bits per heavy atom. The highest BCUT2D eigenvalue weighted by Crippen LogP contribution is 2.15. The Bertz CT molecular complexity index is 1190. The third kappa shape index (κ3) is 3.50. The van der Waals surface area contributed by atoms with E-state index in [1.54, 1.807) is 48.3 Å². The van der Waals surface area contributed by atoms with Crippen molar-refractivity contribution in [2.24, 2.45) is 0 Å². The van der Waals surface area contributed by atoms with Crippen LogP contribution in [0.1, 0.15) is 16.2 Å². The van der Waals surface area contributed by atoms with Gasteiger partial charge in [0, 0.05) is 12.3 Å². The maximum absolute atomic E-state index is 12.4. The van der Waals surface area contributed by atoms with Crippen LogP contribution >= 0.6 is 0 Å². The van der Waals surface area contributed by atoms with Gasteiger partial charge in [0.15, 0.2) is 11.2 Å². The zero-order chi connectivity index (χ0) is 19.5. The first-order valence-electron chi connectivity index (χ1n) is 8.64. The van der Waals surface area contributed by atoms with Gasteiger partial charge in [0.25, 0.3) is 5.91 Å². The maximum atomic E-state index is 12.4. The Morgan fingerprint density at radius 1 is 1.14 bits per heavy atom. The molecule has 1 N–H and O–H groups in total. The first kappa shape index (κ1) is 17.5. The first-order chi connectivity index (χ1) is 13.6. The van der Waals surface area contributed by atoms with Crippen LogP contribution in [-0.2, 0) is 6.54 Å². The maximum Gasteiger partial charge on any atom is 0.287 e. The van der Waals surface area contributed by atoms with Gasteiger partial charge in [-0.2, -0.15) is 5.10 Å². The fourth-order valence-corrected chi connectivity index (χ4v) is 2.81. The van der Waals surface area contributed by atoms with Crippen LogP contribution in [0.3, 0.4) is 0 Å². The van der Waals surface area contributed by atoms with E-state index in [0.29, 0.717) is 16.7 Å². The molecule has 140 valence electrons. The standard InChI is InChI=1S/C21H17N3O4/c1-27-16-8-6-15(7-9-16)24-11-10-14(23-24)13-22-21(26)20-12-18(25)17-4-2-3-5-19(17)28-20/h2-12H,13H2,1H3,(H,22,26). The summed E-state index contributed by atoms with van der Waals surface area (Å²) in [5.74, 6) is 0.264. The molecule has 0 spiro atoms. The van der Waals surface area contributed by atoms with Gasteiger partial charge in [-0.25, -0.2) is 4.68 Å². The van der Waals surface area contributed by atoms with E-state index in [2.05, 4.69) is 10.4 Å². The zero-order valence-electron chi connectivity index (χ0n) is 15.1. The highest BCUT2D eigenvalue weighted by molar-refractivity contribution is 5.93. The quantitative estimate of drug-likeness (QED) is 0.580. The normalized spacial score (nSPS) is 10.8. The molecule has 0 aliphatic rings. The Morgan fingerprint density at radius 3 is 2.71 bits per heavy atom. The number of hydrogen-bond donors (Lipinski definition) is 1. The molecule has 0 unspecified atom stereocenters. The van der Waals surface area contributed by atoms with Crippen molar-refractivity contribution in [2.45, 2.75) is 6.54 Å². The van der Waals surface area contributed by atoms with Crippen molar-refractivity contribution in [1.82, 2.24) is 15.1 Å². The predicted molar refractivity (Wildman–Crippen MR) is 104 cm³/mol. The topological polar surface area (TPSA) is 86.4 Å². The summed E-state index contributed by atoms with van der Waals surface area (Å²) in [6.45, 7) is 0.207. The lowest BCUT2D eigenvalue weighted by molar-refractivity contribution is 0.0923. The molecule has 0 bridgehead atoms. The highest BCUT2D eigenvalue weighted by atomic mass is 16.5. The van der Waals surface area contributed by atoms with E-state index < -0.39 is 5.91 Å². The van der Waals surface area contributed by atoms with Crippen molar-refractivity contribution in [2.75, 3.05) is 7.11 Å². The number of nitrogens with one attached hydrogen (secondary N) is 1. The second-order valence-corrected chi connectivity index (χ2v) is 6.10. The third-order valence-electron chi connectivity index (χ3n) is 4.27. The monoisotopic (exact) mass is 375 g/mol. The lowest BCUT2D eigenvalue weighted by Gasteiger charge is -2.05. The molecule has 1 amide bonds. The predicted octanol–water partition coefficient (Wildman–Crippen LogP) is 2.92. The smallest absolute Gasteiger partial charge is 0.287 e. The van der Waals surface area contributed by atoms with Crippen molar-refractivity contribution in [3.63, 3.8) is 0 Å². The summed E-state index contributed by atoms with van der Waals surface area (Å²) in [4.78, 5) is 24.5. The number of carbonyl (C=O) groups is 1. The molecule has 4 rings (SSSR count). The van der Waals surface area contributed by atoms with E-state index in [0.717, 1.165) is 11.4 Å². The number of aromatic nitrogens is 2. The van der Waals surface area contributed by atoms with Gasteiger partial charge in [0.1, 0.15) is 11.3 Å². The van der Waals surface area contributed by atoms with Crippen LogP contribution in [0.4, 0.5) is 0 Å². The van der Waals surface area contributed by atoms with Gasteiger partial charge >= 0.3 is 0 Å². The molecule has 0 atom stereocenters. The Balaban J connectivity index is 1.46. The molecule has 0 aliphatic heterocycles. The van der Waals surface area contributed by atoms with Crippen LogP contribution < -0.4 is 15.5 Å². The SMILES string of the molecule is COc1ccc(-n2ccc(CNC(=O)c3cc(=O)c4ccccc4o3)n2)cc1. The van der Waals surface area contributed by atoms with Crippen molar-refractivity contribution < 1.29 is 13.9 Å². The number of amides is 1. The number of carbonyl (C=O) groups excluding carboxylic acids is 1. The van der Waals surface area contributed by atoms with Crippen LogP contribution in [0.2, 0.25) is 0 Å². The van der Waals surface area contributed by atoms with Gasteiger partial charge in [-0.1, -0.05) is 12.1 Å². The number of hydrogen-bond acceptors (Lipinski definition) is 5. The zero-order valence-corrected chi connectivity index (χ0v) is 15.1. The van der Waals surface area contributed by atoms with Crippen molar-refractivity contribution in [3.8, 4) is 11.4 Å². The van der Waals surface area contributed by atoms with Gasteiger partial charge in [-0.15, -0.1) is 0 Å². The van der Waals surface area contributed by atoms with Crippen LogP contribution in [0.25, 0.3) is 16.7 Å². The number of ether oxygens (including phenoxy) is 1. The molecule has 0 aliphatic carbocycles. The van der Waals surface area contributed by atoms with Crippen molar-refractivity contribution >= 4 is 16.9 Å². The van der Waals surface area contributed by atoms with E-state index in [-0.39, 0.29) is 17.7 Å². The average Bonchev–Trinajstić information content (AvgIpc) is 3.21. The molecule has 0 saturated heterocycles. The third-order valence-corrected chi connectivity index (χ3v) is 4.27. The molecule has 0 fully saturated rings. The van der Waals surface area contributed by atoms with Crippen molar-refractivity contribution in [3.05, 3.63) is 88.5 Å². The van der Waals surface area contributed by atoms with E-state index in [1.807, 2.05) is 24.3 Å². The molecular weight excluding hydrogens is 358 g/mol. The largest absolute Gasteiger partial charge is 0.497 e. The number of methoxy groups -OCH3 is 1. The number of fused-ring (bicyclic) bond motifs is 1. The molecule has 2 aromatic carbocycles. The van der Waals surface area contributed by atoms with E-state index >= 15 is 0 Å². The van der Waals surface area contributed by atoms with Gasteiger partial charge in [-0.3, -0.25) is 9.59 Å². The first-order valence-corrected chi connectivity index (χ1v) is 8.64. The van der Waals surface area contributed by atoms with E-state index in [4.69, 9.17) is 9.15 Å². The molecule has 28 heavy (non-hydrogen) atoms. The van der Waals surface area contributed by atoms with Crippen LogP contribution in [0.15, 0.2) is 76.1 Å². The second-order valence-electron chi connectivity index (χ2n) is 6.10. The Kier molecular flexibility index (Phi) is 4.63. The minimum absolute atomic E-state index is 0.0294. The fourth-order valence-electron chi connectivity index (χ4n) is 2.81. The minimum Gasteiger partial charge on any atom is -0.497 e. The van der Waals surface area contributed by atoms with Gasteiger partial charge < -0.3 is 14.5 Å². The number of para-hydroxylation sites is 1. The summed E-state index contributed by atoms with van der Waals surface area (Å²) < 4.78 is 12.4. The second kappa shape index (κ2) is 7.40. The van der Waals surface area contributed by atoms with Crippen LogP contribution in [0, 0.1) is 0 Å². The molecule has 7 nitrogen and oxygen atoms in total. The molecule has 4 aromatic rings. The summed E-state index contributed by atoms with van der Waals surface area (Å²) >= 11 is 0. The highest BCUT2D eigenvalue weighted by Gasteiger charge is 2.12. The molecule has 0 radical (unpaired) electrons. The average molecular weight is 375 g/mol. The molecule has 2 heterocycles. The lowest BCUT2D eigenvalue weighted by atomic mass is 10.2. The number of nitrogens with zero attached hydrogens (tertiary/aromatic N) is 2. The Labute approximate surface area is 160 Å². The summed E-state index contributed by atoms with van der Waals surface area (Å²) in [6, 6.07) is 17.3. The van der Waals surface area contributed by atoms with E-state index in [9.17, 15) is 9.59 Å². The summed E-state index contributed by atoms with van der Waals surface area (Å²) in [6.07, 6.45) is 1.81. The summed E-state index contributed by atoms with van der Waals surface area (Å²) in [7, 11) is 1.61. The summed E-state index contributed by atoms with van der Waals surface area (Å²) in [5, 5.41) is 7.60. The van der Waals surface area contributed by atoms with Gasteiger partial charge in [0.05, 0.1) is 30.4 Å². The van der Waals surface area contributed by atoms with Crippen LogP contribution in [0.5, 0.6) is 5.75 Å². The van der Waals surface area contributed by atoms with Gasteiger partial charge in [-0.05, 0) is 42.5 Å². The van der Waals surface area contributed by atoms with Crippen molar-refractivity contribution in [1.29, 1.82) is 0 Å². The Hall–Kier alpha value is -3.87. The van der Waals surface area contributed by atoms with Gasteiger partial charge in [0.2, 0.25) is 0 Å². The number of benzene rings is 2. The van der Waals surface area contributed by atoms with E-state index in [1.165, 1.54) is 6.07 Å². The fraction of sp³-hybridized carbons (Fsp3) is 0.0952. The molecule has 7 heteroatoms. The summed E-state index contributed by atoms with van der Waals surface area (Å²) in [5.41, 5.74) is 1.67. The molecular formula is C21H17N3O4.